The van der Waals surface area contributed by atoms with Crippen molar-refractivity contribution < 1.29 is 9.53 Å². The molecule has 1 unspecified atom stereocenters. The summed E-state index contributed by atoms with van der Waals surface area (Å²) in [5, 5.41) is 0. The Morgan fingerprint density at radius 1 is 1.60 bits per heavy atom. The summed E-state index contributed by atoms with van der Waals surface area (Å²) in [6.45, 7) is 5.37. The molecule has 0 aliphatic carbocycles. The maximum Gasteiger partial charge on any atom is 0.320 e. The number of carbonyl (C=O) groups excluding carboxylic acids is 1. The molecular formula is C10H21ClN2O2. The Morgan fingerprint density at radius 2 is 2.33 bits per heavy atom. The summed E-state index contributed by atoms with van der Waals surface area (Å²) in [6.07, 6.45) is 2.33. The second-order valence-electron chi connectivity index (χ2n) is 3.78. The number of carbonyl (C=O) groups is 1. The van der Waals surface area contributed by atoms with Gasteiger partial charge in [0, 0.05) is 6.54 Å². The van der Waals surface area contributed by atoms with Gasteiger partial charge in [0.25, 0.3) is 0 Å². The Labute approximate surface area is 97.5 Å². The molecule has 15 heavy (non-hydrogen) atoms. The summed E-state index contributed by atoms with van der Waals surface area (Å²) >= 11 is 0. The smallest absolute Gasteiger partial charge is 0.320 e. The largest absolute Gasteiger partial charge is 0.465 e. The second-order valence-corrected chi connectivity index (χ2v) is 3.78. The van der Waals surface area contributed by atoms with E-state index in [-0.39, 0.29) is 18.4 Å². The van der Waals surface area contributed by atoms with Crippen LogP contribution in [0.2, 0.25) is 0 Å². The molecule has 1 heterocycles. The summed E-state index contributed by atoms with van der Waals surface area (Å²) in [5.41, 5.74) is 5.61. The third-order valence-corrected chi connectivity index (χ3v) is 2.59. The quantitative estimate of drug-likeness (QED) is 0.728. The molecule has 0 bridgehead atoms. The summed E-state index contributed by atoms with van der Waals surface area (Å²) in [4.78, 5) is 13.3. The molecule has 0 spiro atoms. The third kappa shape index (κ3) is 5.35. The third-order valence-electron chi connectivity index (χ3n) is 2.59. The van der Waals surface area contributed by atoms with Crippen LogP contribution in [-0.4, -0.2) is 43.7 Å². The van der Waals surface area contributed by atoms with Crippen molar-refractivity contribution in [1.29, 1.82) is 0 Å². The minimum Gasteiger partial charge on any atom is -0.465 e. The van der Waals surface area contributed by atoms with Crippen LogP contribution in [0.25, 0.3) is 0 Å². The van der Waals surface area contributed by atoms with Crippen molar-refractivity contribution >= 4 is 18.4 Å². The highest BCUT2D eigenvalue weighted by Crippen LogP contribution is 2.14. The maximum absolute atomic E-state index is 11.2. The molecule has 1 aliphatic rings. The highest BCUT2D eigenvalue weighted by atomic mass is 35.5. The molecule has 4 nitrogen and oxygen atoms in total. The van der Waals surface area contributed by atoms with Crippen LogP contribution in [0.5, 0.6) is 0 Å². The van der Waals surface area contributed by atoms with Crippen LogP contribution in [0.15, 0.2) is 0 Å². The molecule has 0 amide bonds. The van der Waals surface area contributed by atoms with Gasteiger partial charge in [-0.1, -0.05) is 0 Å². The normalized spacial score (nSPS) is 21.9. The van der Waals surface area contributed by atoms with Gasteiger partial charge in [-0.2, -0.15) is 0 Å². The molecule has 5 heteroatoms. The van der Waals surface area contributed by atoms with E-state index in [1.54, 1.807) is 0 Å². The molecule has 2 N–H and O–H groups in total. The van der Waals surface area contributed by atoms with Crippen LogP contribution in [0, 0.1) is 5.92 Å². The van der Waals surface area contributed by atoms with Crippen LogP contribution >= 0.6 is 12.4 Å². The Bertz CT molecular complexity index is 190. The van der Waals surface area contributed by atoms with E-state index >= 15 is 0 Å². The van der Waals surface area contributed by atoms with E-state index in [4.69, 9.17) is 10.5 Å². The van der Waals surface area contributed by atoms with Gasteiger partial charge in [-0.3, -0.25) is 9.69 Å². The van der Waals surface area contributed by atoms with Crippen molar-refractivity contribution in [2.24, 2.45) is 11.7 Å². The zero-order valence-corrected chi connectivity index (χ0v) is 10.1. The Morgan fingerprint density at radius 3 is 2.93 bits per heavy atom. The molecule has 0 saturated carbocycles. The number of ether oxygens (including phenoxy) is 1. The SMILES string of the molecule is CCOC(=O)CN1CCCC(CN)C1.Cl. The summed E-state index contributed by atoms with van der Waals surface area (Å²) < 4.78 is 4.90. The fourth-order valence-corrected chi connectivity index (χ4v) is 1.88. The van der Waals surface area contributed by atoms with E-state index in [1.165, 1.54) is 6.42 Å². The predicted octanol–water partition coefficient (Wildman–Crippen LogP) is 0.642. The lowest BCUT2D eigenvalue weighted by atomic mass is 9.98. The number of likely N-dealkylation sites (tertiary alicyclic amines) is 1. The maximum atomic E-state index is 11.2. The van der Waals surface area contributed by atoms with Crippen molar-refractivity contribution in [2.45, 2.75) is 19.8 Å². The lowest BCUT2D eigenvalue weighted by molar-refractivity contribution is -0.144. The molecule has 1 fully saturated rings. The summed E-state index contributed by atoms with van der Waals surface area (Å²) in [7, 11) is 0. The zero-order valence-electron chi connectivity index (χ0n) is 9.28. The zero-order chi connectivity index (χ0) is 10.4. The van der Waals surface area contributed by atoms with E-state index in [0.717, 1.165) is 26.1 Å². The molecule has 1 aliphatic heterocycles. The number of nitrogens with zero attached hydrogens (tertiary/aromatic N) is 1. The lowest BCUT2D eigenvalue weighted by Gasteiger charge is -2.31. The molecule has 1 saturated heterocycles. The molecular weight excluding hydrogens is 216 g/mol. The van der Waals surface area contributed by atoms with Crippen molar-refractivity contribution in [1.82, 2.24) is 4.90 Å². The van der Waals surface area contributed by atoms with E-state index in [0.29, 0.717) is 19.1 Å². The average Bonchev–Trinajstić information content (AvgIpc) is 2.18. The van der Waals surface area contributed by atoms with Gasteiger partial charge < -0.3 is 10.5 Å². The molecule has 1 rings (SSSR count). The van der Waals surface area contributed by atoms with Gasteiger partial charge >= 0.3 is 5.97 Å². The number of hydrogen-bond acceptors (Lipinski definition) is 4. The van der Waals surface area contributed by atoms with Crippen LogP contribution in [0.4, 0.5) is 0 Å². The Balaban J connectivity index is 0.00000196. The van der Waals surface area contributed by atoms with Crippen molar-refractivity contribution in [3.63, 3.8) is 0 Å². The number of esters is 1. The number of rotatable bonds is 4. The number of piperidine rings is 1. The number of nitrogens with two attached hydrogens (primary N) is 1. The first-order chi connectivity index (χ1) is 6.76. The minimum absolute atomic E-state index is 0. The van der Waals surface area contributed by atoms with E-state index in [1.807, 2.05) is 6.92 Å². The van der Waals surface area contributed by atoms with E-state index < -0.39 is 0 Å². The fourth-order valence-electron chi connectivity index (χ4n) is 1.88. The lowest BCUT2D eigenvalue weighted by Crippen LogP contribution is -2.41. The molecule has 0 aromatic rings. The van der Waals surface area contributed by atoms with E-state index in [2.05, 4.69) is 4.90 Å². The average molecular weight is 237 g/mol. The fraction of sp³-hybridized carbons (Fsp3) is 0.900. The van der Waals surface area contributed by atoms with Crippen molar-refractivity contribution in [2.75, 3.05) is 32.8 Å². The van der Waals surface area contributed by atoms with Crippen LogP contribution in [0.3, 0.4) is 0 Å². The van der Waals surface area contributed by atoms with Gasteiger partial charge in [0.2, 0.25) is 0 Å². The molecule has 0 aromatic carbocycles. The highest BCUT2D eigenvalue weighted by molar-refractivity contribution is 5.85. The second kappa shape index (κ2) is 7.91. The van der Waals surface area contributed by atoms with Gasteiger partial charge in [-0.25, -0.2) is 0 Å². The minimum atomic E-state index is -0.120. The van der Waals surface area contributed by atoms with Crippen LogP contribution in [-0.2, 0) is 9.53 Å². The molecule has 0 aromatic heterocycles. The van der Waals surface area contributed by atoms with Crippen LogP contribution < -0.4 is 5.73 Å². The molecule has 0 radical (unpaired) electrons. The summed E-state index contributed by atoms with van der Waals surface area (Å²) in [6, 6.07) is 0. The van der Waals surface area contributed by atoms with Crippen LogP contribution in [0.1, 0.15) is 19.8 Å². The Kier molecular flexibility index (Phi) is 7.74. The van der Waals surface area contributed by atoms with Gasteiger partial charge in [0.05, 0.1) is 13.2 Å². The first-order valence-corrected chi connectivity index (χ1v) is 5.34. The highest BCUT2D eigenvalue weighted by Gasteiger charge is 2.20. The molecule has 1 atom stereocenters. The standard InChI is InChI=1S/C10H20N2O2.ClH/c1-2-14-10(13)8-12-5-3-4-9(6-11)7-12;/h9H,2-8,11H2,1H3;1H. The van der Waals surface area contributed by atoms with Gasteiger partial charge in [-0.15, -0.1) is 12.4 Å². The first kappa shape index (κ1) is 14.7. The van der Waals surface area contributed by atoms with Crippen molar-refractivity contribution in [3.8, 4) is 0 Å². The monoisotopic (exact) mass is 236 g/mol. The van der Waals surface area contributed by atoms with E-state index in [9.17, 15) is 4.79 Å². The number of hydrogen-bond donors (Lipinski definition) is 1. The number of halogens is 1. The molecule has 90 valence electrons. The van der Waals surface area contributed by atoms with Gasteiger partial charge in [-0.05, 0) is 38.8 Å². The summed E-state index contributed by atoms with van der Waals surface area (Å²) in [5.74, 6) is 0.434. The van der Waals surface area contributed by atoms with Gasteiger partial charge in [0.1, 0.15) is 0 Å². The van der Waals surface area contributed by atoms with Crippen molar-refractivity contribution in [3.05, 3.63) is 0 Å². The predicted molar refractivity (Wildman–Crippen MR) is 62.1 cm³/mol. The topological polar surface area (TPSA) is 55.6 Å². The van der Waals surface area contributed by atoms with Gasteiger partial charge in [0.15, 0.2) is 0 Å². The Hall–Kier alpha value is -0.320. The first-order valence-electron chi connectivity index (χ1n) is 5.34.